The molecule has 1 heterocycles. The fraction of sp³-hybridized carbons (Fsp3) is 0.300. The molecule has 2 N–H and O–H groups in total. The number of hydrogen-bond acceptors (Lipinski definition) is 2. The molecule has 1 aliphatic heterocycles. The maximum absolute atomic E-state index is 13.4. The van der Waals surface area contributed by atoms with Crippen molar-refractivity contribution in [3.63, 3.8) is 0 Å². The number of nitrogens with one attached hydrogen (secondary N) is 2. The molecular weight excluding hydrogens is 202 g/mol. The van der Waals surface area contributed by atoms with Crippen LogP contribution in [0.15, 0.2) is 12.1 Å². The van der Waals surface area contributed by atoms with Gasteiger partial charge in [0.05, 0.1) is 5.69 Å². The molecule has 1 amide bonds. The van der Waals surface area contributed by atoms with Gasteiger partial charge in [-0.25, -0.2) is 8.78 Å². The number of carbonyl (C=O) groups excluding carboxylic acids is 1. The highest BCUT2D eigenvalue weighted by molar-refractivity contribution is 6.02. The van der Waals surface area contributed by atoms with Gasteiger partial charge in [-0.3, -0.25) is 4.79 Å². The third-order valence-corrected chi connectivity index (χ3v) is 2.31. The number of anilines is 1. The Labute approximate surface area is 85.5 Å². The van der Waals surface area contributed by atoms with Gasteiger partial charge in [0.1, 0.15) is 17.7 Å². The Morgan fingerprint density at radius 3 is 2.87 bits per heavy atom. The summed E-state index contributed by atoms with van der Waals surface area (Å²) in [6.45, 7) is 2.35. The second-order valence-corrected chi connectivity index (χ2v) is 3.33. The summed E-state index contributed by atoms with van der Waals surface area (Å²) in [7, 11) is 0. The van der Waals surface area contributed by atoms with Gasteiger partial charge in [-0.2, -0.15) is 0 Å². The molecule has 0 radical (unpaired) electrons. The van der Waals surface area contributed by atoms with Crippen LogP contribution in [-0.2, 0) is 4.79 Å². The molecule has 1 aromatic rings. The Balaban J connectivity index is 2.48. The van der Waals surface area contributed by atoms with Gasteiger partial charge >= 0.3 is 0 Å². The number of likely N-dealkylation sites (N-methyl/N-ethyl adjacent to an activating group) is 1. The summed E-state index contributed by atoms with van der Waals surface area (Å²) in [5, 5.41) is 5.27. The zero-order valence-corrected chi connectivity index (χ0v) is 8.10. The van der Waals surface area contributed by atoms with Crippen molar-refractivity contribution >= 4 is 11.6 Å². The third kappa shape index (κ3) is 1.59. The van der Waals surface area contributed by atoms with Crippen LogP contribution in [0.25, 0.3) is 0 Å². The molecular formula is C10H10F2N2O. The smallest absolute Gasteiger partial charge is 0.246 e. The lowest BCUT2D eigenvalue weighted by atomic mass is 10.1. The van der Waals surface area contributed by atoms with Gasteiger partial charge in [-0.05, 0) is 12.6 Å². The van der Waals surface area contributed by atoms with Crippen LogP contribution in [0.1, 0.15) is 18.5 Å². The number of benzene rings is 1. The molecule has 0 spiro atoms. The van der Waals surface area contributed by atoms with Crippen molar-refractivity contribution in [3.8, 4) is 0 Å². The minimum Gasteiger partial charge on any atom is -0.324 e. The van der Waals surface area contributed by atoms with E-state index < -0.39 is 17.7 Å². The highest BCUT2D eigenvalue weighted by Gasteiger charge is 2.33. The van der Waals surface area contributed by atoms with Gasteiger partial charge in [0.2, 0.25) is 5.91 Å². The van der Waals surface area contributed by atoms with Gasteiger partial charge < -0.3 is 10.6 Å². The molecule has 0 saturated carbocycles. The zero-order valence-electron chi connectivity index (χ0n) is 8.10. The van der Waals surface area contributed by atoms with Gasteiger partial charge in [0.15, 0.2) is 0 Å². The van der Waals surface area contributed by atoms with Crippen LogP contribution in [0.2, 0.25) is 0 Å². The molecule has 3 nitrogen and oxygen atoms in total. The molecule has 0 saturated heterocycles. The van der Waals surface area contributed by atoms with Crippen LogP contribution in [0.3, 0.4) is 0 Å². The Kier molecular flexibility index (Phi) is 2.40. The molecule has 1 atom stereocenters. The van der Waals surface area contributed by atoms with Crippen LogP contribution >= 0.6 is 0 Å². The highest BCUT2D eigenvalue weighted by atomic mass is 19.1. The standard InChI is InChI=1S/C10H10F2N2O/c1-2-13-9-8-6(12)3-5(11)4-7(8)14-10(9)15/h3-4,9,13H,2H2,1H3,(H,14,15). The molecule has 0 fully saturated rings. The normalized spacial score (nSPS) is 18.9. The van der Waals surface area contributed by atoms with E-state index in [1.54, 1.807) is 0 Å². The third-order valence-electron chi connectivity index (χ3n) is 2.31. The average Bonchev–Trinajstić information content (AvgIpc) is 2.43. The van der Waals surface area contributed by atoms with Crippen molar-refractivity contribution < 1.29 is 13.6 Å². The quantitative estimate of drug-likeness (QED) is 0.781. The molecule has 0 aliphatic carbocycles. The molecule has 0 aromatic heterocycles. The van der Waals surface area contributed by atoms with E-state index in [-0.39, 0.29) is 17.2 Å². The minimum absolute atomic E-state index is 0.197. The predicted molar refractivity (Wildman–Crippen MR) is 51.4 cm³/mol. The Bertz CT molecular complexity index is 420. The van der Waals surface area contributed by atoms with Gasteiger partial charge in [0.25, 0.3) is 0 Å². The number of halogens is 2. The maximum Gasteiger partial charge on any atom is 0.246 e. The van der Waals surface area contributed by atoms with Gasteiger partial charge in [-0.1, -0.05) is 6.92 Å². The minimum atomic E-state index is -0.717. The lowest BCUT2D eigenvalue weighted by Gasteiger charge is -2.09. The van der Waals surface area contributed by atoms with Crippen LogP contribution in [0, 0.1) is 11.6 Å². The van der Waals surface area contributed by atoms with Crippen LogP contribution in [0.5, 0.6) is 0 Å². The molecule has 1 aromatic carbocycles. The topological polar surface area (TPSA) is 41.1 Å². The largest absolute Gasteiger partial charge is 0.324 e. The number of hydrogen-bond donors (Lipinski definition) is 2. The van der Waals surface area contributed by atoms with Crippen LogP contribution in [-0.4, -0.2) is 12.5 Å². The van der Waals surface area contributed by atoms with Crippen molar-refractivity contribution in [2.24, 2.45) is 0 Å². The summed E-state index contributed by atoms with van der Waals surface area (Å²) in [5.41, 5.74) is 0.409. The highest BCUT2D eigenvalue weighted by Crippen LogP contribution is 2.33. The predicted octanol–water partition coefficient (Wildman–Crippen LogP) is 1.57. The molecule has 2 rings (SSSR count). The number of rotatable bonds is 2. The monoisotopic (exact) mass is 212 g/mol. The number of fused-ring (bicyclic) bond motifs is 1. The number of amides is 1. The lowest BCUT2D eigenvalue weighted by molar-refractivity contribution is -0.117. The first-order chi connectivity index (χ1) is 7.13. The summed E-state index contributed by atoms with van der Waals surface area (Å²) in [5.74, 6) is -1.74. The number of carbonyl (C=O) groups is 1. The second-order valence-electron chi connectivity index (χ2n) is 3.33. The fourth-order valence-electron chi connectivity index (χ4n) is 1.72. The molecule has 1 unspecified atom stereocenters. The van der Waals surface area contributed by atoms with Crippen LogP contribution in [0.4, 0.5) is 14.5 Å². The second kappa shape index (κ2) is 3.58. The molecule has 15 heavy (non-hydrogen) atoms. The van der Waals surface area contributed by atoms with E-state index in [2.05, 4.69) is 10.6 Å². The molecule has 5 heteroatoms. The zero-order chi connectivity index (χ0) is 11.0. The lowest BCUT2D eigenvalue weighted by Crippen LogP contribution is -2.27. The summed E-state index contributed by atoms with van der Waals surface area (Å²) in [6, 6.07) is 1.18. The van der Waals surface area contributed by atoms with E-state index in [0.717, 1.165) is 12.1 Å². The fourth-order valence-corrected chi connectivity index (χ4v) is 1.72. The average molecular weight is 212 g/mol. The summed E-state index contributed by atoms with van der Waals surface area (Å²) >= 11 is 0. The van der Waals surface area contributed by atoms with Crippen molar-refractivity contribution in [3.05, 3.63) is 29.3 Å². The summed E-state index contributed by atoms with van der Waals surface area (Å²) < 4.78 is 26.3. The maximum atomic E-state index is 13.4. The van der Waals surface area contributed by atoms with Crippen molar-refractivity contribution in [2.75, 3.05) is 11.9 Å². The first-order valence-corrected chi connectivity index (χ1v) is 4.66. The van der Waals surface area contributed by atoms with E-state index in [4.69, 9.17) is 0 Å². The van der Waals surface area contributed by atoms with Crippen LogP contribution < -0.4 is 10.6 Å². The molecule has 1 aliphatic rings. The van der Waals surface area contributed by atoms with E-state index in [0.29, 0.717) is 6.54 Å². The van der Waals surface area contributed by atoms with Crippen molar-refractivity contribution in [2.45, 2.75) is 13.0 Å². The van der Waals surface area contributed by atoms with E-state index in [9.17, 15) is 13.6 Å². The van der Waals surface area contributed by atoms with E-state index in [1.165, 1.54) is 0 Å². The molecule has 0 bridgehead atoms. The van der Waals surface area contributed by atoms with E-state index >= 15 is 0 Å². The summed E-state index contributed by atoms with van der Waals surface area (Å²) in [6.07, 6.45) is 0. The van der Waals surface area contributed by atoms with Gasteiger partial charge in [0, 0.05) is 11.6 Å². The SMILES string of the molecule is CCNC1C(=O)Nc2cc(F)cc(F)c21. The molecule has 80 valence electrons. The van der Waals surface area contributed by atoms with E-state index in [1.807, 2.05) is 6.92 Å². The van der Waals surface area contributed by atoms with Gasteiger partial charge in [-0.15, -0.1) is 0 Å². The first-order valence-electron chi connectivity index (χ1n) is 4.66. The summed E-state index contributed by atoms with van der Waals surface area (Å²) in [4.78, 5) is 11.4. The first kappa shape index (κ1) is 10.0. The van der Waals surface area contributed by atoms with Crippen molar-refractivity contribution in [1.82, 2.24) is 5.32 Å². The Morgan fingerprint density at radius 1 is 1.47 bits per heavy atom. The van der Waals surface area contributed by atoms with Crippen molar-refractivity contribution in [1.29, 1.82) is 0 Å². The Morgan fingerprint density at radius 2 is 2.20 bits per heavy atom. The Hall–Kier alpha value is -1.49.